The summed E-state index contributed by atoms with van der Waals surface area (Å²) in [6.45, 7) is 2.65. The Balaban J connectivity index is 1.32. The molecule has 1 aliphatic rings. The van der Waals surface area contributed by atoms with Gasteiger partial charge in [0.25, 0.3) is 11.1 Å². The van der Waals surface area contributed by atoms with E-state index < -0.39 is 17.0 Å². The summed E-state index contributed by atoms with van der Waals surface area (Å²) in [5.41, 5.74) is 2.21. The Morgan fingerprint density at radius 3 is 2.53 bits per heavy atom. The van der Waals surface area contributed by atoms with Crippen LogP contribution in [0, 0.1) is 5.82 Å². The van der Waals surface area contributed by atoms with Gasteiger partial charge in [0.15, 0.2) is 11.5 Å². The summed E-state index contributed by atoms with van der Waals surface area (Å²) in [5.74, 6) is 0.202. The molecule has 0 aliphatic carbocycles. The van der Waals surface area contributed by atoms with Gasteiger partial charge in [0, 0.05) is 5.02 Å². The molecule has 8 heteroatoms. The van der Waals surface area contributed by atoms with Crippen molar-refractivity contribution in [3.05, 3.63) is 111 Å². The molecule has 0 bridgehead atoms. The van der Waals surface area contributed by atoms with Crippen LogP contribution >= 0.6 is 23.4 Å². The minimum Gasteiger partial charge on any atom is -0.490 e. The summed E-state index contributed by atoms with van der Waals surface area (Å²) in [5, 5.41) is 2.06. The molecule has 0 N–H and O–H groups in total. The van der Waals surface area contributed by atoms with Crippen LogP contribution in [0.25, 0.3) is 16.8 Å². The molecule has 2 amide bonds. The Morgan fingerprint density at radius 2 is 1.74 bits per heavy atom. The molecule has 192 valence electrons. The van der Waals surface area contributed by atoms with E-state index in [0.717, 1.165) is 33.7 Å². The van der Waals surface area contributed by atoms with E-state index in [0.29, 0.717) is 35.8 Å². The molecule has 1 aliphatic heterocycles. The largest absolute Gasteiger partial charge is 0.490 e. The summed E-state index contributed by atoms with van der Waals surface area (Å²) in [6.07, 6.45) is 1.65. The number of halogens is 2. The smallest absolute Gasteiger partial charge is 0.293 e. The number of ether oxygens (including phenoxy) is 2. The van der Waals surface area contributed by atoms with Crippen LogP contribution in [0.15, 0.2) is 83.8 Å². The zero-order chi connectivity index (χ0) is 26.6. The zero-order valence-corrected chi connectivity index (χ0v) is 22.0. The Morgan fingerprint density at radius 1 is 0.921 bits per heavy atom. The van der Waals surface area contributed by atoms with Crippen molar-refractivity contribution in [1.82, 2.24) is 4.90 Å². The lowest BCUT2D eigenvalue weighted by Crippen LogP contribution is -2.27. The molecule has 5 nitrogen and oxygen atoms in total. The molecule has 0 radical (unpaired) electrons. The Bertz CT molecular complexity index is 1570. The fourth-order valence-corrected chi connectivity index (χ4v) is 5.16. The summed E-state index contributed by atoms with van der Waals surface area (Å²) in [7, 11) is 0. The third-order valence-electron chi connectivity index (χ3n) is 5.99. The minimum absolute atomic E-state index is 0.0349. The molecule has 4 aromatic rings. The van der Waals surface area contributed by atoms with Gasteiger partial charge in [-0.2, -0.15) is 0 Å². The maximum atomic E-state index is 13.4. The molecule has 0 unspecified atom stereocenters. The molecule has 4 aromatic carbocycles. The van der Waals surface area contributed by atoms with Crippen LogP contribution in [0.3, 0.4) is 0 Å². The normalized spacial score (nSPS) is 14.5. The number of amides is 2. The molecule has 1 heterocycles. The number of rotatable bonds is 8. The highest BCUT2D eigenvalue weighted by molar-refractivity contribution is 8.18. The van der Waals surface area contributed by atoms with Crippen molar-refractivity contribution < 1.29 is 23.5 Å². The lowest BCUT2D eigenvalue weighted by molar-refractivity contribution is -0.123. The van der Waals surface area contributed by atoms with Crippen LogP contribution in [-0.4, -0.2) is 22.7 Å². The number of benzene rings is 4. The number of thioether (sulfide) groups is 1. The van der Waals surface area contributed by atoms with Gasteiger partial charge in [0.05, 0.1) is 18.1 Å². The number of fused-ring (bicyclic) bond motifs is 1. The highest BCUT2D eigenvalue weighted by Crippen LogP contribution is 2.36. The fourth-order valence-electron chi connectivity index (χ4n) is 4.10. The predicted molar refractivity (Wildman–Crippen MR) is 149 cm³/mol. The molecule has 1 fully saturated rings. The Labute approximate surface area is 228 Å². The predicted octanol–water partition coefficient (Wildman–Crippen LogP) is 7.85. The number of hydrogen-bond donors (Lipinski definition) is 0. The van der Waals surface area contributed by atoms with Gasteiger partial charge in [0.1, 0.15) is 12.4 Å². The van der Waals surface area contributed by atoms with Crippen molar-refractivity contribution >= 4 is 51.4 Å². The molecule has 1 saturated heterocycles. The van der Waals surface area contributed by atoms with Crippen molar-refractivity contribution in [2.75, 3.05) is 6.61 Å². The summed E-state index contributed by atoms with van der Waals surface area (Å²) in [4.78, 5) is 26.9. The number of nitrogens with zero attached hydrogens (tertiary/aromatic N) is 1. The van der Waals surface area contributed by atoms with E-state index in [1.54, 1.807) is 18.2 Å². The average Bonchev–Trinajstić information content (AvgIpc) is 3.17. The molecule has 0 aromatic heterocycles. The monoisotopic (exact) mass is 547 g/mol. The van der Waals surface area contributed by atoms with Crippen LogP contribution in [-0.2, 0) is 17.9 Å². The quantitative estimate of drug-likeness (QED) is 0.210. The fraction of sp³-hybridized carbons (Fsp3) is 0.133. The van der Waals surface area contributed by atoms with Crippen LogP contribution in [0.2, 0.25) is 5.02 Å². The Kier molecular flexibility index (Phi) is 7.67. The van der Waals surface area contributed by atoms with E-state index >= 15 is 0 Å². The van der Waals surface area contributed by atoms with Gasteiger partial charge >= 0.3 is 0 Å². The van der Waals surface area contributed by atoms with Crippen LogP contribution < -0.4 is 9.47 Å². The maximum absolute atomic E-state index is 13.4. The van der Waals surface area contributed by atoms with Gasteiger partial charge in [-0.15, -0.1) is 0 Å². The van der Waals surface area contributed by atoms with E-state index in [1.807, 2.05) is 31.2 Å². The van der Waals surface area contributed by atoms with Crippen LogP contribution in [0.5, 0.6) is 11.5 Å². The van der Waals surface area contributed by atoms with Gasteiger partial charge < -0.3 is 9.47 Å². The third kappa shape index (κ3) is 5.69. The van der Waals surface area contributed by atoms with E-state index in [1.165, 1.54) is 17.5 Å². The number of imide groups is 1. The van der Waals surface area contributed by atoms with E-state index in [9.17, 15) is 14.0 Å². The lowest BCUT2D eigenvalue weighted by Gasteiger charge is -2.14. The number of carbonyl (C=O) groups excluding carboxylic acids is 2. The summed E-state index contributed by atoms with van der Waals surface area (Å²) < 4.78 is 25.2. The summed E-state index contributed by atoms with van der Waals surface area (Å²) >= 11 is 6.93. The molecule has 0 saturated carbocycles. The zero-order valence-electron chi connectivity index (χ0n) is 20.4. The maximum Gasteiger partial charge on any atom is 0.293 e. The Hall–Kier alpha value is -3.81. The third-order valence-corrected chi connectivity index (χ3v) is 7.25. The van der Waals surface area contributed by atoms with E-state index in [4.69, 9.17) is 21.1 Å². The van der Waals surface area contributed by atoms with Crippen LogP contribution in [0.1, 0.15) is 23.6 Å². The SMILES string of the molecule is CCOc1cc(/C=C2/SC(=O)N(Cc3ccc(F)cc3Cl)C2=O)ccc1OCc1ccc2ccccc2c1. The first-order valence-corrected chi connectivity index (χ1v) is 13.2. The molecular formula is C30H23ClFNO4S. The topological polar surface area (TPSA) is 55.8 Å². The first kappa shape index (κ1) is 25.8. The minimum atomic E-state index is -0.484. The molecule has 38 heavy (non-hydrogen) atoms. The van der Waals surface area contributed by atoms with Crippen molar-refractivity contribution in [1.29, 1.82) is 0 Å². The van der Waals surface area contributed by atoms with Gasteiger partial charge in [-0.25, -0.2) is 4.39 Å². The van der Waals surface area contributed by atoms with E-state index in [-0.39, 0.29) is 16.5 Å². The van der Waals surface area contributed by atoms with E-state index in [2.05, 4.69) is 24.3 Å². The second-order valence-electron chi connectivity index (χ2n) is 8.61. The summed E-state index contributed by atoms with van der Waals surface area (Å²) in [6, 6.07) is 23.6. The second-order valence-corrected chi connectivity index (χ2v) is 10.0. The van der Waals surface area contributed by atoms with Crippen molar-refractivity contribution in [3.8, 4) is 11.5 Å². The van der Waals surface area contributed by atoms with Crippen molar-refractivity contribution in [3.63, 3.8) is 0 Å². The first-order valence-electron chi connectivity index (χ1n) is 12.0. The molecular weight excluding hydrogens is 525 g/mol. The van der Waals surface area contributed by atoms with Crippen molar-refractivity contribution in [2.24, 2.45) is 0 Å². The first-order chi connectivity index (χ1) is 18.4. The standard InChI is InChI=1S/C30H23ClFNO4S/c1-2-36-27-14-19(8-12-26(27)37-18-20-7-9-21-5-3-4-6-22(21)13-20)15-28-29(34)33(30(35)38-28)17-23-10-11-24(32)16-25(23)31/h3-16H,2,17-18H2,1H3/b28-15+. The molecule has 0 atom stereocenters. The van der Waals surface area contributed by atoms with Gasteiger partial charge in [0.2, 0.25) is 0 Å². The molecule has 5 rings (SSSR count). The average molecular weight is 548 g/mol. The van der Waals surface area contributed by atoms with Gasteiger partial charge in [-0.05, 0) is 82.6 Å². The number of hydrogen-bond acceptors (Lipinski definition) is 5. The number of carbonyl (C=O) groups is 2. The highest BCUT2D eigenvalue weighted by atomic mass is 35.5. The second kappa shape index (κ2) is 11.3. The highest BCUT2D eigenvalue weighted by Gasteiger charge is 2.35. The van der Waals surface area contributed by atoms with Crippen LogP contribution in [0.4, 0.5) is 9.18 Å². The van der Waals surface area contributed by atoms with Crippen molar-refractivity contribution in [2.45, 2.75) is 20.1 Å². The van der Waals surface area contributed by atoms with Gasteiger partial charge in [-0.1, -0.05) is 60.1 Å². The molecule has 0 spiro atoms. The van der Waals surface area contributed by atoms with Gasteiger partial charge in [-0.3, -0.25) is 14.5 Å². The lowest BCUT2D eigenvalue weighted by atomic mass is 10.1.